The highest BCUT2D eigenvalue weighted by atomic mass is 16.5. The standard InChI is InChI=1S/C21H28N4O2/c1-15-7-9-16(10-8-15)19-13-25-12-18(27-14-20(25)24-19)11-22-21(26)23-17-5-3-2-4-6-17/h7-10,13,17-18H,2-6,11-12,14H2,1H3,(H2,22,23,26)/t18-/m0/s1. The predicted molar refractivity (Wildman–Crippen MR) is 104 cm³/mol. The topological polar surface area (TPSA) is 68.2 Å². The molecular formula is C21H28N4O2. The van der Waals surface area contributed by atoms with Gasteiger partial charge in [-0.3, -0.25) is 0 Å². The highest BCUT2D eigenvalue weighted by Crippen LogP contribution is 2.22. The quantitative estimate of drug-likeness (QED) is 0.869. The van der Waals surface area contributed by atoms with Gasteiger partial charge in [-0.05, 0) is 19.8 Å². The molecule has 2 aliphatic rings. The molecule has 1 aliphatic carbocycles. The van der Waals surface area contributed by atoms with Crippen molar-refractivity contribution in [3.63, 3.8) is 0 Å². The number of ether oxygens (including phenoxy) is 1. The molecule has 27 heavy (non-hydrogen) atoms. The van der Waals surface area contributed by atoms with Crippen molar-refractivity contribution in [2.24, 2.45) is 0 Å². The maximum atomic E-state index is 12.1. The van der Waals surface area contributed by atoms with Crippen LogP contribution in [-0.4, -0.2) is 34.3 Å². The molecule has 0 bridgehead atoms. The zero-order valence-corrected chi connectivity index (χ0v) is 15.9. The van der Waals surface area contributed by atoms with Gasteiger partial charge in [-0.1, -0.05) is 49.1 Å². The van der Waals surface area contributed by atoms with Gasteiger partial charge in [0.2, 0.25) is 0 Å². The number of rotatable bonds is 4. The Kier molecular flexibility index (Phi) is 5.43. The van der Waals surface area contributed by atoms with Gasteiger partial charge in [-0.15, -0.1) is 0 Å². The van der Waals surface area contributed by atoms with Crippen molar-refractivity contribution in [2.75, 3.05) is 6.54 Å². The summed E-state index contributed by atoms with van der Waals surface area (Å²) < 4.78 is 8.03. The summed E-state index contributed by atoms with van der Waals surface area (Å²) in [5.74, 6) is 0.938. The summed E-state index contributed by atoms with van der Waals surface area (Å²) >= 11 is 0. The van der Waals surface area contributed by atoms with Crippen molar-refractivity contribution in [2.45, 2.75) is 64.3 Å². The Hall–Kier alpha value is -2.34. The summed E-state index contributed by atoms with van der Waals surface area (Å²) in [4.78, 5) is 16.8. The van der Waals surface area contributed by atoms with Crippen molar-refractivity contribution in [1.29, 1.82) is 0 Å². The van der Waals surface area contributed by atoms with Crippen LogP contribution >= 0.6 is 0 Å². The molecule has 1 fully saturated rings. The molecule has 0 unspecified atom stereocenters. The first-order valence-corrected chi connectivity index (χ1v) is 9.96. The van der Waals surface area contributed by atoms with E-state index in [1.807, 2.05) is 0 Å². The molecule has 2 amide bonds. The van der Waals surface area contributed by atoms with Crippen LogP contribution in [0.5, 0.6) is 0 Å². The first-order chi connectivity index (χ1) is 13.2. The first kappa shape index (κ1) is 18.0. The fraction of sp³-hybridized carbons (Fsp3) is 0.524. The van der Waals surface area contributed by atoms with Crippen LogP contribution in [0.2, 0.25) is 0 Å². The number of nitrogens with one attached hydrogen (secondary N) is 2. The predicted octanol–water partition coefficient (Wildman–Crippen LogP) is 3.39. The minimum atomic E-state index is -0.0812. The van der Waals surface area contributed by atoms with Gasteiger partial charge in [-0.2, -0.15) is 0 Å². The largest absolute Gasteiger partial charge is 0.367 e. The minimum absolute atomic E-state index is 0.0327. The Morgan fingerprint density at radius 1 is 1.22 bits per heavy atom. The lowest BCUT2D eigenvalue weighted by molar-refractivity contribution is 0.00438. The number of fused-ring (bicyclic) bond motifs is 1. The van der Waals surface area contributed by atoms with Gasteiger partial charge in [0.25, 0.3) is 0 Å². The Balaban J connectivity index is 1.30. The van der Waals surface area contributed by atoms with Crippen LogP contribution in [0.3, 0.4) is 0 Å². The van der Waals surface area contributed by atoms with Gasteiger partial charge in [0, 0.05) is 24.3 Å². The highest BCUT2D eigenvalue weighted by Gasteiger charge is 2.22. The van der Waals surface area contributed by atoms with Crippen LogP contribution in [0.15, 0.2) is 30.5 Å². The number of carbonyl (C=O) groups excluding carboxylic acids is 1. The minimum Gasteiger partial charge on any atom is -0.367 e. The Morgan fingerprint density at radius 2 is 2.00 bits per heavy atom. The zero-order valence-electron chi connectivity index (χ0n) is 15.9. The van der Waals surface area contributed by atoms with E-state index in [9.17, 15) is 4.79 Å². The monoisotopic (exact) mass is 368 g/mol. The van der Waals surface area contributed by atoms with Gasteiger partial charge < -0.3 is 19.9 Å². The molecule has 1 atom stereocenters. The Bertz CT molecular complexity index is 778. The molecule has 144 valence electrons. The lowest BCUT2D eigenvalue weighted by Gasteiger charge is -2.26. The van der Waals surface area contributed by atoms with Crippen molar-refractivity contribution >= 4 is 6.03 Å². The van der Waals surface area contributed by atoms with Crippen molar-refractivity contribution < 1.29 is 9.53 Å². The number of imidazole rings is 1. The summed E-state index contributed by atoms with van der Waals surface area (Å²) in [6.07, 6.45) is 7.94. The van der Waals surface area contributed by atoms with Gasteiger partial charge in [-0.25, -0.2) is 9.78 Å². The van der Waals surface area contributed by atoms with E-state index in [-0.39, 0.29) is 12.1 Å². The maximum absolute atomic E-state index is 12.1. The van der Waals surface area contributed by atoms with E-state index in [0.717, 1.165) is 29.9 Å². The summed E-state index contributed by atoms with van der Waals surface area (Å²) in [6.45, 7) is 3.77. The average molecular weight is 368 g/mol. The number of urea groups is 1. The molecule has 1 aromatic carbocycles. The Labute approximate surface area is 160 Å². The summed E-state index contributed by atoms with van der Waals surface area (Å²) in [5, 5.41) is 6.05. The lowest BCUT2D eigenvalue weighted by Crippen LogP contribution is -2.46. The number of nitrogens with zero attached hydrogens (tertiary/aromatic N) is 2. The second-order valence-electron chi connectivity index (χ2n) is 7.68. The van der Waals surface area contributed by atoms with E-state index in [2.05, 4.69) is 52.6 Å². The maximum Gasteiger partial charge on any atom is 0.315 e. The summed E-state index contributed by atoms with van der Waals surface area (Å²) in [7, 11) is 0. The number of hydrogen-bond acceptors (Lipinski definition) is 3. The fourth-order valence-electron chi connectivity index (χ4n) is 3.87. The van der Waals surface area contributed by atoms with Crippen LogP contribution < -0.4 is 10.6 Å². The third-order valence-electron chi connectivity index (χ3n) is 5.49. The van der Waals surface area contributed by atoms with Gasteiger partial charge in [0.15, 0.2) is 0 Å². The van der Waals surface area contributed by atoms with Crippen molar-refractivity contribution in [3.05, 3.63) is 41.9 Å². The van der Waals surface area contributed by atoms with Crippen molar-refractivity contribution in [3.8, 4) is 11.3 Å². The molecule has 0 spiro atoms. The molecule has 2 heterocycles. The van der Waals surface area contributed by atoms with Gasteiger partial charge >= 0.3 is 6.03 Å². The number of amides is 2. The molecule has 6 heteroatoms. The van der Waals surface area contributed by atoms with Crippen LogP contribution in [-0.2, 0) is 17.9 Å². The van der Waals surface area contributed by atoms with E-state index in [4.69, 9.17) is 9.72 Å². The number of carbonyl (C=O) groups is 1. The smallest absolute Gasteiger partial charge is 0.315 e. The number of aryl methyl sites for hydroxylation is 1. The normalized spacial score (nSPS) is 20.1. The second-order valence-corrected chi connectivity index (χ2v) is 7.68. The third kappa shape index (κ3) is 4.50. The number of aromatic nitrogens is 2. The highest BCUT2D eigenvalue weighted by molar-refractivity contribution is 5.74. The molecule has 0 saturated heterocycles. The molecule has 1 aliphatic heterocycles. The number of hydrogen-bond donors (Lipinski definition) is 2. The number of benzene rings is 1. The van der Waals surface area contributed by atoms with E-state index < -0.39 is 0 Å². The van der Waals surface area contributed by atoms with Gasteiger partial charge in [0.1, 0.15) is 12.4 Å². The Morgan fingerprint density at radius 3 is 2.78 bits per heavy atom. The average Bonchev–Trinajstić information content (AvgIpc) is 3.11. The molecule has 2 N–H and O–H groups in total. The van der Waals surface area contributed by atoms with E-state index >= 15 is 0 Å². The molecule has 4 rings (SSSR count). The second kappa shape index (κ2) is 8.13. The van der Waals surface area contributed by atoms with Crippen LogP contribution in [0, 0.1) is 6.92 Å². The van der Waals surface area contributed by atoms with Crippen molar-refractivity contribution in [1.82, 2.24) is 20.2 Å². The summed E-state index contributed by atoms with van der Waals surface area (Å²) in [6, 6.07) is 8.63. The van der Waals surface area contributed by atoms with Gasteiger partial charge in [0.05, 0.1) is 18.3 Å². The molecule has 6 nitrogen and oxygen atoms in total. The van der Waals surface area contributed by atoms with Crippen LogP contribution in [0.25, 0.3) is 11.3 Å². The fourth-order valence-corrected chi connectivity index (χ4v) is 3.87. The SMILES string of the molecule is Cc1ccc(-c2cn3c(n2)CO[C@@H](CNC(=O)NC2CCCCC2)C3)cc1. The van der Waals surface area contributed by atoms with E-state index in [1.54, 1.807) is 0 Å². The first-order valence-electron chi connectivity index (χ1n) is 9.96. The van der Waals surface area contributed by atoms with E-state index in [1.165, 1.54) is 24.8 Å². The third-order valence-corrected chi connectivity index (χ3v) is 5.49. The zero-order chi connectivity index (χ0) is 18.6. The van der Waals surface area contributed by atoms with Crippen LogP contribution in [0.1, 0.15) is 43.5 Å². The van der Waals surface area contributed by atoms with Crippen LogP contribution in [0.4, 0.5) is 4.79 Å². The van der Waals surface area contributed by atoms with E-state index in [0.29, 0.717) is 25.7 Å². The molecule has 1 aromatic heterocycles. The lowest BCUT2D eigenvalue weighted by atomic mass is 9.96. The molecule has 2 aromatic rings. The molecular weight excluding hydrogens is 340 g/mol. The molecule has 0 radical (unpaired) electrons. The summed E-state index contributed by atoms with van der Waals surface area (Å²) in [5.41, 5.74) is 3.32. The molecule has 1 saturated carbocycles.